The van der Waals surface area contributed by atoms with Crippen molar-refractivity contribution in [1.29, 1.82) is 0 Å². The van der Waals surface area contributed by atoms with Crippen LogP contribution in [-0.4, -0.2) is 34.5 Å². The average Bonchev–Trinajstić information content (AvgIpc) is 2.95. The first-order valence-corrected chi connectivity index (χ1v) is 7.74. The zero-order valence-corrected chi connectivity index (χ0v) is 14.3. The molecule has 0 fully saturated rings. The van der Waals surface area contributed by atoms with Crippen molar-refractivity contribution < 1.29 is 22.5 Å². The third-order valence-electron chi connectivity index (χ3n) is 3.23. The molecule has 0 bridgehead atoms. The molecular weight excluding hydrogens is 361 g/mol. The van der Waals surface area contributed by atoms with E-state index in [-0.39, 0.29) is 18.1 Å². The number of rotatable bonds is 6. The Labute approximate surface area is 146 Å². The van der Waals surface area contributed by atoms with Gasteiger partial charge in [-0.15, -0.1) is 0 Å². The van der Waals surface area contributed by atoms with E-state index in [1.807, 2.05) is 6.92 Å². The van der Waals surface area contributed by atoms with Crippen LogP contribution >= 0.6 is 11.6 Å². The quantitative estimate of drug-likeness (QED) is 0.837. The highest BCUT2D eigenvalue weighted by Gasteiger charge is 2.34. The summed E-state index contributed by atoms with van der Waals surface area (Å²) in [6.45, 7) is 1.88. The molecule has 2 rings (SSSR count). The molecule has 1 aromatic heterocycles. The molecule has 1 amide bonds. The van der Waals surface area contributed by atoms with E-state index in [9.17, 15) is 18.0 Å². The van der Waals surface area contributed by atoms with Gasteiger partial charge in [-0.1, -0.05) is 29.7 Å². The zero-order valence-electron chi connectivity index (χ0n) is 13.5. The van der Waals surface area contributed by atoms with Crippen molar-refractivity contribution in [1.82, 2.24) is 15.0 Å². The number of aryl methyl sites for hydroxylation is 1. The van der Waals surface area contributed by atoms with Gasteiger partial charge in [-0.2, -0.15) is 18.2 Å². The molecule has 2 aromatic rings. The summed E-state index contributed by atoms with van der Waals surface area (Å²) in [4.78, 5) is 17.7. The standard InChI is InChI=1S/C15H16ClF3N4O2/c1-3-11-20-13(25-22-11)8-23(2)7-12(24)21-14-9(15(17,18)19)5-4-6-10(14)16/h4-6H,3,7-8H2,1-2H3,(H,21,24). The van der Waals surface area contributed by atoms with Crippen LogP contribution < -0.4 is 5.32 Å². The molecule has 0 radical (unpaired) electrons. The molecule has 0 saturated carbocycles. The van der Waals surface area contributed by atoms with Gasteiger partial charge in [0.15, 0.2) is 5.82 Å². The summed E-state index contributed by atoms with van der Waals surface area (Å²) in [6, 6.07) is 3.31. The number of carbonyl (C=O) groups is 1. The zero-order chi connectivity index (χ0) is 18.6. The van der Waals surface area contributed by atoms with Crippen molar-refractivity contribution in [3.05, 3.63) is 40.5 Å². The second-order valence-corrected chi connectivity index (χ2v) is 5.75. The Morgan fingerprint density at radius 1 is 1.40 bits per heavy atom. The number of likely N-dealkylation sites (N-methyl/N-ethyl adjacent to an activating group) is 1. The minimum atomic E-state index is -4.63. The number of aromatic nitrogens is 2. The van der Waals surface area contributed by atoms with Crippen LogP contribution in [0.1, 0.15) is 24.2 Å². The highest BCUT2D eigenvalue weighted by atomic mass is 35.5. The van der Waals surface area contributed by atoms with Crippen molar-refractivity contribution in [2.75, 3.05) is 18.9 Å². The van der Waals surface area contributed by atoms with Gasteiger partial charge in [-0.25, -0.2) is 0 Å². The van der Waals surface area contributed by atoms with Gasteiger partial charge in [0.1, 0.15) is 0 Å². The van der Waals surface area contributed by atoms with Crippen LogP contribution in [0, 0.1) is 0 Å². The van der Waals surface area contributed by atoms with E-state index in [0.717, 1.165) is 6.07 Å². The molecule has 0 unspecified atom stereocenters. The first kappa shape index (κ1) is 19.2. The van der Waals surface area contributed by atoms with Gasteiger partial charge in [-0.05, 0) is 19.2 Å². The molecule has 0 aliphatic carbocycles. The van der Waals surface area contributed by atoms with Crippen LogP contribution in [0.4, 0.5) is 18.9 Å². The van der Waals surface area contributed by atoms with Gasteiger partial charge in [0, 0.05) is 6.42 Å². The van der Waals surface area contributed by atoms with Crippen molar-refractivity contribution in [2.24, 2.45) is 0 Å². The van der Waals surface area contributed by atoms with Crippen LogP contribution in [0.15, 0.2) is 22.7 Å². The first-order valence-electron chi connectivity index (χ1n) is 7.36. The number of para-hydroxylation sites is 1. The predicted octanol–water partition coefficient (Wildman–Crippen LogP) is 3.37. The minimum Gasteiger partial charge on any atom is -0.338 e. The number of anilines is 1. The molecule has 0 aliphatic heterocycles. The topological polar surface area (TPSA) is 71.3 Å². The third kappa shape index (κ3) is 5.17. The molecule has 1 heterocycles. The molecule has 1 N–H and O–H groups in total. The lowest BCUT2D eigenvalue weighted by molar-refractivity contribution is -0.137. The van der Waals surface area contributed by atoms with Crippen molar-refractivity contribution in [3.8, 4) is 0 Å². The summed E-state index contributed by atoms with van der Waals surface area (Å²) in [5, 5.41) is 5.76. The summed E-state index contributed by atoms with van der Waals surface area (Å²) >= 11 is 5.80. The fourth-order valence-electron chi connectivity index (χ4n) is 2.10. The number of alkyl halides is 3. The SMILES string of the molecule is CCc1noc(CN(C)CC(=O)Nc2c(Cl)cccc2C(F)(F)F)n1. The van der Waals surface area contributed by atoms with E-state index in [2.05, 4.69) is 15.5 Å². The van der Waals surface area contributed by atoms with Crippen molar-refractivity contribution in [3.63, 3.8) is 0 Å². The number of benzene rings is 1. The predicted molar refractivity (Wildman–Crippen MR) is 85.1 cm³/mol. The Bertz CT molecular complexity index is 749. The summed E-state index contributed by atoms with van der Waals surface area (Å²) in [5.74, 6) is 0.218. The lowest BCUT2D eigenvalue weighted by Gasteiger charge is -2.17. The Kier molecular flexibility index (Phi) is 6.02. The van der Waals surface area contributed by atoms with Gasteiger partial charge in [0.25, 0.3) is 0 Å². The van der Waals surface area contributed by atoms with Gasteiger partial charge in [0.2, 0.25) is 11.8 Å². The monoisotopic (exact) mass is 376 g/mol. The summed E-state index contributed by atoms with van der Waals surface area (Å²) in [5.41, 5.74) is -1.46. The van der Waals surface area contributed by atoms with E-state index in [0.29, 0.717) is 18.1 Å². The average molecular weight is 377 g/mol. The van der Waals surface area contributed by atoms with E-state index in [1.165, 1.54) is 17.0 Å². The van der Waals surface area contributed by atoms with Crippen LogP contribution in [0.25, 0.3) is 0 Å². The first-order chi connectivity index (χ1) is 11.7. The Morgan fingerprint density at radius 2 is 2.12 bits per heavy atom. The summed E-state index contributed by atoms with van der Waals surface area (Å²) in [7, 11) is 1.60. The van der Waals surface area contributed by atoms with Gasteiger partial charge in [-0.3, -0.25) is 9.69 Å². The molecule has 25 heavy (non-hydrogen) atoms. The number of hydrogen-bond acceptors (Lipinski definition) is 5. The maximum Gasteiger partial charge on any atom is 0.418 e. The molecule has 0 saturated heterocycles. The number of hydrogen-bond donors (Lipinski definition) is 1. The maximum absolute atomic E-state index is 13.0. The largest absolute Gasteiger partial charge is 0.418 e. The number of amides is 1. The number of nitrogens with zero attached hydrogens (tertiary/aromatic N) is 3. The second kappa shape index (κ2) is 7.83. The number of nitrogens with one attached hydrogen (secondary N) is 1. The Balaban J connectivity index is 2.03. The van der Waals surface area contributed by atoms with Crippen molar-refractivity contribution >= 4 is 23.2 Å². The molecule has 10 heteroatoms. The van der Waals surface area contributed by atoms with Crippen LogP contribution in [0.5, 0.6) is 0 Å². The minimum absolute atomic E-state index is 0.174. The van der Waals surface area contributed by atoms with E-state index >= 15 is 0 Å². The molecule has 1 aromatic carbocycles. The fourth-order valence-corrected chi connectivity index (χ4v) is 2.32. The Morgan fingerprint density at radius 3 is 2.72 bits per heavy atom. The molecule has 136 valence electrons. The van der Waals surface area contributed by atoms with Crippen LogP contribution in [0.2, 0.25) is 5.02 Å². The lowest BCUT2D eigenvalue weighted by Crippen LogP contribution is -2.30. The second-order valence-electron chi connectivity index (χ2n) is 5.34. The molecule has 0 aliphatic rings. The van der Waals surface area contributed by atoms with Gasteiger partial charge >= 0.3 is 6.18 Å². The van der Waals surface area contributed by atoms with Crippen LogP contribution in [-0.2, 0) is 23.9 Å². The van der Waals surface area contributed by atoms with E-state index < -0.39 is 23.3 Å². The fraction of sp³-hybridized carbons (Fsp3) is 0.400. The highest BCUT2D eigenvalue weighted by Crippen LogP contribution is 2.38. The normalized spacial score (nSPS) is 11.8. The summed E-state index contributed by atoms with van der Waals surface area (Å²) in [6.07, 6.45) is -4.01. The van der Waals surface area contributed by atoms with E-state index in [1.54, 1.807) is 7.05 Å². The molecule has 6 nitrogen and oxygen atoms in total. The molecular formula is C15H16ClF3N4O2. The van der Waals surface area contributed by atoms with Crippen molar-refractivity contribution in [2.45, 2.75) is 26.1 Å². The van der Waals surface area contributed by atoms with E-state index in [4.69, 9.17) is 16.1 Å². The third-order valence-corrected chi connectivity index (χ3v) is 3.54. The van der Waals surface area contributed by atoms with Crippen LogP contribution in [0.3, 0.4) is 0 Å². The lowest BCUT2D eigenvalue weighted by atomic mass is 10.1. The summed E-state index contributed by atoms with van der Waals surface area (Å²) < 4.78 is 44.1. The van der Waals surface area contributed by atoms with Gasteiger partial charge in [0.05, 0.1) is 29.4 Å². The van der Waals surface area contributed by atoms with Gasteiger partial charge < -0.3 is 9.84 Å². The Hall–Kier alpha value is -2.13. The highest BCUT2D eigenvalue weighted by molar-refractivity contribution is 6.34. The molecule has 0 spiro atoms. The number of halogens is 4. The smallest absolute Gasteiger partial charge is 0.338 e. The number of carbonyl (C=O) groups excluding carboxylic acids is 1. The molecule has 0 atom stereocenters. The maximum atomic E-state index is 13.0.